The van der Waals surface area contributed by atoms with Gasteiger partial charge in [-0.05, 0) is 32.0 Å². The normalized spacial score (nSPS) is 24.4. The van der Waals surface area contributed by atoms with E-state index in [9.17, 15) is 4.79 Å². The highest BCUT2D eigenvalue weighted by molar-refractivity contribution is 5.83. The molecule has 20 heavy (non-hydrogen) atoms. The van der Waals surface area contributed by atoms with Crippen LogP contribution in [0.1, 0.15) is 37.8 Å². The van der Waals surface area contributed by atoms with Crippen LogP contribution < -0.4 is 15.4 Å². The summed E-state index contributed by atoms with van der Waals surface area (Å²) in [7, 11) is 0. The van der Waals surface area contributed by atoms with Crippen LogP contribution in [0.15, 0.2) is 24.3 Å². The monoisotopic (exact) mass is 274 g/mol. The van der Waals surface area contributed by atoms with Crippen molar-refractivity contribution in [1.29, 1.82) is 0 Å². The van der Waals surface area contributed by atoms with Crippen molar-refractivity contribution in [3.63, 3.8) is 0 Å². The van der Waals surface area contributed by atoms with Gasteiger partial charge in [0, 0.05) is 17.4 Å². The number of amides is 1. The molecule has 1 amide bonds. The second kappa shape index (κ2) is 5.44. The number of piperidine rings is 1. The average molecular weight is 274 g/mol. The number of nitrogens with one attached hydrogen (secondary N) is 2. The van der Waals surface area contributed by atoms with E-state index in [2.05, 4.69) is 17.6 Å². The molecule has 0 spiro atoms. The van der Waals surface area contributed by atoms with E-state index in [1.54, 1.807) is 0 Å². The number of hydrogen-bond acceptors (Lipinski definition) is 3. The van der Waals surface area contributed by atoms with E-state index in [-0.39, 0.29) is 17.4 Å². The van der Waals surface area contributed by atoms with Crippen LogP contribution in [0.3, 0.4) is 0 Å². The Hall–Kier alpha value is -1.55. The molecular formula is C16H22N2O2. The average Bonchev–Trinajstić information content (AvgIpc) is 2.48. The van der Waals surface area contributed by atoms with Crippen molar-refractivity contribution in [3.05, 3.63) is 29.8 Å². The Balaban J connectivity index is 1.74. The van der Waals surface area contributed by atoms with Crippen LogP contribution in [0.4, 0.5) is 0 Å². The Morgan fingerprint density at radius 1 is 1.35 bits per heavy atom. The first-order chi connectivity index (χ1) is 9.69. The van der Waals surface area contributed by atoms with E-state index in [0.29, 0.717) is 6.61 Å². The molecule has 108 valence electrons. The minimum Gasteiger partial charge on any atom is -0.493 e. The highest BCUT2D eigenvalue weighted by atomic mass is 16.5. The van der Waals surface area contributed by atoms with Crippen LogP contribution in [0.2, 0.25) is 0 Å². The lowest BCUT2D eigenvalue weighted by Gasteiger charge is -2.35. The second-order valence-electron chi connectivity index (χ2n) is 6.01. The molecule has 0 saturated carbocycles. The van der Waals surface area contributed by atoms with Crippen molar-refractivity contribution in [2.75, 3.05) is 19.7 Å². The first-order valence-electron chi connectivity index (χ1n) is 7.42. The number of para-hydroxylation sites is 1. The van der Waals surface area contributed by atoms with E-state index < -0.39 is 0 Å². The van der Waals surface area contributed by atoms with Gasteiger partial charge in [0.1, 0.15) is 5.75 Å². The molecule has 0 radical (unpaired) electrons. The minimum absolute atomic E-state index is 0.0826. The van der Waals surface area contributed by atoms with Gasteiger partial charge in [-0.3, -0.25) is 4.79 Å². The molecule has 4 nitrogen and oxygen atoms in total. The molecule has 2 aliphatic rings. The number of carbonyl (C=O) groups is 1. The molecule has 2 aliphatic heterocycles. The Labute approximate surface area is 119 Å². The van der Waals surface area contributed by atoms with Crippen molar-refractivity contribution in [2.45, 2.75) is 32.2 Å². The fourth-order valence-corrected chi connectivity index (χ4v) is 3.03. The molecule has 1 aromatic rings. The van der Waals surface area contributed by atoms with Crippen LogP contribution in [-0.2, 0) is 4.79 Å². The van der Waals surface area contributed by atoms with E-state index >= 15 is 0 Å². The second-order valence-corrected chi connectivity index (χ2v) is 6.01. The summed E-state index contributed by atoms with van der Waals surface area (Å²) in [4.78, 5) is 12.6. The van der Waals surface area contributed by atoms with Gasteiger partial charge in [-0.15, -0.1) is 0 Å². The molecule has 0 bridgehead atoms. The van der Waals surface area contributed by atoms with Gasteiger partial charge in [-0.25, -0.2) is 0 Å². The van der Waals surface area contributed by atoms with Gasteiger partial charge < -0.3 is 15.4 Å². The summed E-state index contributed by atoms with van der Waals surface area (Å²) in [5.41, 5.74) is 0.864. The fraction of sp³-hybridized carbons (Fsp3) is 0.562. The first-order valence-corrected chi connectivity index (χ1v) is 7.42. The number of ether oxygens (including phenoxy) is 1. The van der Waals surface area contributed by atoms with Gasteiger partial charge in [-0.1, -0.05) is 25.1 Å². The summed E-state index contributed by atoms with van der Waals surface area (Å²) in [6, 6.07) is 8.07. The molecular weight excluding hydrogens is 252 g/mol. The molecule has 3 rings (SSSR count). The van der Waals surface area contributed by atoms with Crippen LogP contribution in [0, 0.1) is 5.41 Å². The molecule has 1 aromatic carbocycles. The van der Waals surface area contributed by atoms with Gasteiger partial charge in [0.2, 0.25) is 5.91 Å². The number of rotatable bonds is 2. The first kappa shape index (κ1) is 13.4. The topological polar surface area (TPSA) is 50.4 Å². The maximum atomic E-state index is 12.6. The molecule has 2 N–H and O–H groups in total. The SMILES string of the molecule is CC1(C(=O)NC2CCOc3ccccc32)CCNCC1. The van der Waals surface area contributed by atoms with E-state index in [1.807, 2.05) is 24.3 Å². The lowest BCUT2D eigenvalue weighted by atomic mass is 9.79. The molecule has 4 heteroatoms. The van der Waals surface area contributed by atoms with Crippen molar-refractivity contribution >= 4 is 5.91 Å². The third-order valence-electron chi connectivity index (χ3n) is 4.52. The van der Waals surface area contributed by atoms with Crippen LogP contribution >= 0.6 is 0 Å². The summed E-state index contributed by atoms with van der Waals surface area (Å²) >= 11 is 0. The zero-order chi connectivity index (χ0) is 14.0. The zero-order valence-electron chi connectivity index (χ0n) is 11.9. The number of carbonyl (C=O) groups excluding carboxylic acids is 1. The fourth-order valence-electron chi connectivity index (χ4n) is 3.03. The van der Waals surface area contributed by atoms with E-state index in [1.165, 1.54) is 0 Å². The Kier molecular flexibility index (Phi) is 3.66. The maximum Gasteiger partial charge on any atom is 0.226 e. The van der Waals surface area contributed by atoms with Gasteiger partial charge in [0.05, 0.1) is 12.6 Å². The molecule has 1 atom stereocenters. The number of fused-ring (bicyclic) bond motifs is 1. The summed E-state index contributed by atoms with van der Waals surface area (Å²) in [6.45, 7) is 4.59. The van der Waals surface area contributed by atoms with Gasteiger partial charge >= 0.3 is 0 Å². The van der Waals surface area contributed by atoms with Crippen molar-refractivity contribution in [2.24, 2.45) is 5.41 Å². The third kappa shape index (κ3) is 2.52. The quantitative estimate of drug-likeness (QED) is 0.867. The highest BCUT2D eigenvalue weighted by Crippen LogP contribution is 2.34. The smallest absolute Gasteiger partial charge is 0.226 e. The minimum atomic E-state index is -0.238. The maximum absolute atomic E-state index is 12.6. The lowest BCUT2D eigenvalue weighted by molar-refractivity contribution is -0.132. The predicted octanol–water partition coefficient (Wildman–Crippen LogP) is 2.02. The molecule has 0 aliphatic carbocycles. The van der Waals surface area contributed by atoms with E-state index in [0.717, 1.165) is 43.7 Å². The standard InChI is InChI=1S/C16H22N2O2/c1-16(7-9-17-10-8-16)15(19)18-13-6-11-20-14-5-3-2-4-12(13)14/h2-5,13,17H,6-11H2,1H3,(H,18,19). The summed E-state index contributed by atoms with van der Waals surface area (Å²) in [5, 5.41) is 6.55. The van der Waals surface area contributed by atoms with Gasteiger partial charge in [0.25, 0.3) is 0 Å². The molecule has 1 fully saturated rings. The summed E-state index contributed by atoms with van der Waals surface area (Å²) < 4.78 is 5.64. The zero-order valence-corrected chi connectivity index (χ0v) is 11.9. The Morgan fingerprint density at radius 3 is 2.90 bits per heavy atom. The summed E-state index contributed by atoms with van der Waals surface area (Å²) in [5.74, 6) is 1.08. The van der Waals surface area contributed by atoms with Crippen LogP contribution in [0.5, 0.6) is 5.75 Å². The lowest BCUT2D eigenvalue weighted by Crippen LogP contribution is -2.47. The number of benzene rings is 1. The molecule has 2 heterocycles. The van der Waals surface area contributed by atoms with Crippen molar-refractivity contribution < 1.29 is 9.53 Å². The Bertz CT molecular complexity index is 495. The molecule has 1 unspecified atom stereocenters. The molecule has 0 aromatic heterocycles. The van der Waals surface area contributed by atoms with Gasteiger partial charge in [-0.2, -0.15) is 0 Å². The summed E-state index contributed by atoms with van der Waals surface area (Å²) in [6.07, 6.45) is 2.66. The largest absolute Gasteiger partial charge is 0.493 e. The predicted molar refractivity (Wildman–Crippen MR) is 77.6 cm³/mol. The van der Waals surface area contributed by atoms with Crippen LogP contribution in [-0.4, -0.2) is 25.6 Å². The van der Waals surface area contributed by atoms with Crippen LogP contribution in [0.25, 0.3) is 0 Å². The van der Waals surface area contributed by atoms with Crippen molar-refractivity contribution in [1.82, 2.24) is 10.6 Å². The van der Waals surface area contributed by atoms with Gasteiger partial charge in [0.15, 0.2) is 0 Å². The van der Waals surface area contributed by atoms with Crippen molar-refractivity contribution in [3.8, 4) is 5.75 Å². The molecule has 1 saturated heterocycles. The highest BCUT2D eigenvalue weighted by Gasteiger charge is 2.36. The third-order valence-corrected chi connectivity index (χ3v) is 4.52. The Morgan fingerprint density at radius 2 is 2.10 bits per heavy atom. The van der Waals surface area contributed by atoms with E-state index in [4.69, 9.17) is 4.74 Å². The number of hydrogen-bond donors (Lipinski definition) is 2.